The Morgan fingerprint density at radius 1 is 0.458 bits per heavy atom. The van der Waals surface area contributed by atoms with Gasteiger partial charge in [-0.1, -0.05) is 176 Å². The SMILES string of the molecule is CCCCCCCCCCCCNC(=O)CSC1=C(SC)S/C(=C2/SC(SC)=C(SCC(=O)NCCCCCCCCCCCC)S2)S1. The van der Waals surface area contributed by atoms with Crippen molar-refractivity contribution in [2.45, 2.75) is 142 Å². The van der Waals surface area contributed by atoms with Gasteiger partial charge in [0.1, 0.15) is 0 Å². The summed E-state index contributed by atoms with van der Waals surface area (Å²) < 4.78 is 7.65. The molecule has 0 aromatic rings. The molecule has 0 radical (unpaired) electrons. The third-order valence-electron chi connectivity index (χ3n) is 7.99. The molecule has 4 nitrogen and oxygen atoms in total. The minimum absolute atomic E-state index is 0.136. The van der Waals surface area contributed by atoms with Crippen molar-refractivity contribution < 1.29 is 9.59 Å². The highest BCUT2D eigenvalue weighted by molar-refractivity contribution is 8.45. The third-order valence-corrected chi connectivity index (χ3v) is 19.3. The maximum absolute atomic E-state index is 12.6. The normalized spacial score (nSPS) is 16.4. The lowest BCUT2D eigenvalue weighted by Gasteiger charge is -2.07. The predicted molar refractivity (Wildman–Crippen MR) is 233 cm³/mol. The van der Waals surface area contributed by atoms with E-state index in [9.17, 15) is 9.59 Å². The molecule has 0 aliphatic carbocycles. The Balaban J connectivity index is 1.61. The first kappa shape index (κ1) is 45.1. The topological polar surface area (TPSA) is 58.2 Å². The van der Waals surface area contributed by atoms with Crippen molar-refractivity contribution >= 4 is 106 Å². The summed E-state index contributed by atoms with van der Waals surface area (Å²) in [5, 5.41) is 6.27. The summed E-state index contributed by atoms with van der Waals surface area (Å²) in [4.78, 5) is 25.2. The average molecular weight is 811 g/mol. The molecule has 2 aliphatic rings. The number of carbonyl (C=O) groups excluding carboxylic acids is 2. The van der Waals surface area contributed by atoms with E-state index in [0.717, 1.165) is 25.9 Å². The van der Waals surface area contributed by atoms with Gasteiger partial charge in [-0.15, -0.1) is 47.0 Å². The third kappa shape index (κ3) is 20.9. The zero-order chi connectivity index (χ0) is 34.7. The van der Waals surface area contributed by atoms with Crippen LogP contribution in [-0.4, -0.2) is 48.9 Å². The highest BCUT2D eigenvalue weighted by Gasteiger charge is 2.30. The lowest BCUT2D eigenvalue weighted by atomic mass is 10.1. The number of nitrogens with one attached hydrogen (secondary N) is 2. The second-order valence-electron chi connectivity index (χ2n) is 12.2. The van der Waals surface area contributed by atoms with Crippen molar-refractivity contribution in [1.29, 1.82) is 0 Å². The highest BCUT2D eigenvalue weighted by atomic mass is 32.3. The second-order valence-corrected chi connectivity index (χ2v) is 21.4. The van der Waals surface area contributed by atoms with Gasteiger partial charge in [0.2, 0.25) is 11.8 Å². The zero-order valence-corrected chi connectivity index (χ0v) is 36.6. The van der Waals surface area contributed by atoms with Crippen molar-refractivity contribution in [3.8, 4) is 0 Å². The Bertz CT molecular complexity index is 940. The predicted octanol–water partition coefficient (Wildman–Crippen LogP) is 13.6. The molecule has 0 atom stereocenters. The maximum Gasteiger partial charge on any atom is 0.230 e. The molecule has 0 aromatic heterocycles. The van der Waals surface area contributed by atoms with Crippen LogP contribution in [-0.2, 0) is 9.59 Å². The number of unbranched alkanes of at least 4 members (excludes halogenated alkanes) is 18. The summed E-state index contributed by atoms with van der Waals surface area (Å²) in [7, 11) is 0. The average Bonchev–Trinajstić information content (AvgIpc) is 3.71. The van der Waals surface area contributed by atoms with Gasteiger partial charge in [0.25, 0.3) is 0 Å². The van der Waals surface area contributed by atoms with Crippen LogP contribution >= 0.6 is 94.1 Å². The Hall–Kier alpha value is 0.960. The minimum atomic E-state index is 0.136. The molecule has 0 spiro atoms. The Morgan fingerprint density at radius 2 is 0.750 bits per heavy atom. The van der Waals surface area contributed by atoms with Crippen molar-refractivity contribution in [2.75, 3.05) is 37.1 Å². The first-order valence-corrected chi connectivity index (χ1v) is 26.0. The molecule has 2 N–H and O–H groups in total. The van der Waals surface area contributed by atoms with E-state index in [1.807, 2.05) is 47.0 Å². The Labute approximate surface area is 328 Å². The van der Waals surface area contributed by atoms with E-state index in [-0.39, 0.29) is 11.8 Å². The molecule has 2 aliphatic heterocycles. The van der Waals surface area contributed by atoms with Crippen molar-refractivity contribution in [3.05, 3.63) is 25.4 Å². The van der Waals surface area contributed by atoms with Crippen LogP contribution in [0.2, 0.25) is 0 Å². The molecule has 0 saturated carbocycles. The number of hydrogen-bond donors (Lipinski definition) is 2. The van der Waals surface area contributed by atoms with Crippen molar-refractivity contribution in [2.24, 2.45) is 0 Å². The summed E-state index contributed by atoms with van der Waals surface area (Å²) in [6.45, 7) is 6.11. The van der Waals surface area contributed by atoms with Crippen LogP contribution in [0.4, 0.5) is 0 Å². The number of rotatable bonds is 30. The van der Waals surface area contributed by atoms with Gasteiger partial charge in [0.15, 0.2) is 0 Å². The van der Waals surface area contributed by atoms with Gasteiger partial charge in [-0.2, -0.15) is 0 Å². The van der Waals surface area contributed by atoms with E-state index >= 15 is 0 Å². The lowest BCUT2D eigenvalue weighted by Crippen LogP contribution is -2.26. The lowest BCUT2D eigenvalue weighted by molar-refractivity contribution is -0.119. The Kier molecular flexibility index (Phi) is 28.6. The highest BCUT2D eigenvalue weighted by Crippen LogP contribution is 2.65. The second kappa shape index (κ2) is 30.4. The standard InChI is InChI=1S/C36H62N2O2S8/c1-5-7-9-11-13-15-17-19-21-23-25-37-29(39)27-43-33-31(41-3)45-35(47-33)36-46-32(42-4)34(48-36)44-28-30(40)38-26-24-22-20-18-16-14-12-10-8-6-2/h5-28H2,1-4H3,(H,37,39)(H,38,40)/b36-35+. The van der Waals surface area contributed by atoms with Gasteiger partial charge in [0.05, 0.1) is 36.9 Å². The molecule has 0 saturated heterocycles. The molecule has 276 valence electrons. The fourth-order valence-corrected chi connectivity index (χ4v) is 16.0. The summed E-state index contributed by atoms with van der Waals surface area (Å²) in [6.07, 6.45) is 30.4. The fourth-order valence-electron chi connectivity index (χ4n) is 5.18. The summed E-state index contributed by atoms with van der Waals surface area (Å²) in [5.74, 6) is 1.21. The monoisotopic (exact) mass is 810 g/mol. The van der Waals surface area contributed by atoms with Crippen molar-refractivity contribution in [3.63, 3.8) is 0 Å². The van der Waals surface area contributed by atoms with Gasteiger partial charge in [0, 0.05) is 13.1 Å². The molecule has 12 heteroatoms. The van der Waals surface area contributed by atoms with Gasteiger partial charge >= 0.3 is 0 Å². The van der Waals surface area contributed by atoms with E-state index in [1.54, 1.807) is 47.0 Å². The minimum Gasteiger partial charge on any atom is -0.355 e. The number of amides is 2. The summed E-state index contributed by atoms with van der Waals surface area (Å²) in [6, 6.07) is 0. The van der Waals surface area contributed by atoms with Crippen LogP contribution in [0, 0.1) is 0 Å². The molecule has 0 fully saturated rings. The van der Waals surface area contributed by atoms with E-state index in [0.29, 0.717) is 11.5 Å². The maximum atomic E-state index is 12.6. The van der Waals surface area contributed by atoms with Crippen LogP contribution < -0.4 is 10.6 Å². The van der Waals surface area contributed by atoms with Gasteiger partial charge in [-0.05, 0) is 25.4 Å². The van der Waals surface area contributed by atoms with Gasteiger partial charge < -0.3 is 10.6 Å². The molecule has 0 bridgehead atoms. The van der Waals surface area contributed by atoms with E-state index in [4.69, 9.17) is 0 Å². The van der Waals surface area contributed by atoms with Gasteiger partial charge in [-0.25, -0.2) is 0 Å². The summed E-state index contributed by atoms with van der Waals surface area (Å²) >= 11 is 14.2. The van der Waals surface area contributed by atoms with Crippen LogP contribution in [0.25, 0.3) is 0 Å². The van der Waals surface area contributed by atoms with Crippen LogP contribution in [0.1, 0.15) is 142 Å². The molecule has 0 unspecified atom stereocenters. The number of carbonyl (C=O) groups is 2. The summed E-state index contributed by atoms with van der Waals surface area (Å²) in [5.41, 5.74) is 0. The molecular weight excluding hydrogens is 749 g/mol. The van der Waals surface area contributed by atoms with Crippen LogP contribution in [0.5, 0.6) is 0 Å². The van der Waals surface area contributed by atoms with E-state index in [1.165, 1.54) is 141 Å². The van der Waals surface area contributed by atoms with E-state index < -0.39 is 0 Å². The Morgan fingerprint density at radius 3 is 1.06 bits per heavy atom. The van der Waals surface area contributed by atoms with Crippen molar-refractivity contribution in [1.82, 2.24) is 10.6 Å². The van der Waals surface area contributed by atoms with Crippen LogP contribution in [0.3, 0.4) is 0 Å². The molecule has 2 heterocycles. The largest absolute Gasteiger partial charge is 0.355 e. The molecule has 2 rings (SSSR count). The molecule has 2 amide bonds. The van der Waals surface area contributed by atoms with Gasteiger partial charge in [-0.3, -0.25) is 9.59 Å². The van der Waals surface area contributed by atoms with Crippen LogP contribution in [0.15, 0.2) is 25.4 Å². The smallest absolute Gasteiger partial charge is 0.230 e. The molecule has 48 heavy (non-hydrogen) atoms. The molecular formula is C36H62N2O2S8. The zero-order valence-electron chi connectivity index (χ0n) is 30.1. The number of hydrogen-bond acceptors (Lipinski definition) is 10. The fraction of sp³-hybridized carbons (Fsp3) is 0.778. The van der Waals surface area contributed by atoms with E-state index in [2.05, 4.69) is 37.0 Å². The number of thioether (sulfide) groups is 8. The first-order valence-electron chi connectivity index (χ1n) is 18.3. The quantitative estimate of drug-likeness (QED) is 0.0686. The first-order chi connectivity index (χ1) is 23.5. The molecule has 0 aromatic carbocycles.